The van der Waals surface area contributed by atoms with Crippen molar-refractivity contribution < 1.29 is 4.79 Å². The molecule has 4 heterocycles. The van der Waals surface area contributed by atoms with E-state index in [0.29, 0.717) is 24.8 Å². The Morgan fingerprint density at radius 2 is 1.97 bits per heavy atom. The van der Waals surface area contributed by atoms with Crippen molar-refractivity contribution in [3.05, 3.63) is 59.0 Å². The van der Waals surface area contributed by atoms with Crippen LogP contribution in [0.1, 0.15) is 67.8 Å². The molecule has 0 unspecified atom stereocenters. The fourth-order valence-electron chi connectivity index (χ4n) is 5.47. The molecule has 1 fully saturated rings. The van der Waals surface area contributed by atoms with Crippen LogP contribution in [-0.4, -0.2) is 51.9 Å². The molecule has 0 atom stereocenters. The number of benzene rings is 1. The average Bonchev–Trinajstić information content (AvgIpc) is 3.45. The van der Waals surface area contributed by atoms with Crippen molar-refractivity contribution in [2.45, 2.75) is 58.8 Å². The molecule has 0 saturated carbocycles. The highest BCUT2D eigenvalue weighted by Gasteiger charge is 2.21. The second-order valence-corrected chi connectivity index (χ2v) is 10.4. The van der Waals surface area contributed by atoms with Gasteiger partial charge >= 0.3 is 0 Å². The lowest BCUT2D eigenvalue weighted by Crippen LogP contribution is -2.27. The predicted octanol–water partition coefficient (Wildman–Crippen LogP) is 5.40. The molecule has 1 aliphatic rings. The van der Waals surface area contributed by atoms with Gasteiger partial charge in [0.05, 0.1) is 17.8 Å². The highest BCUT2D eigenvalue weighted by atomic mass is 16.2. The van der Waals surface area contributed by atoms with Crippen LogP contribution in [0, 0.1) is 6.92 Å². The van der Waals surface area contributed by atoms with E-state index in [2.05, 4.69) is 65.9 Å². The van der Waals surface area contributed by atoms with Gasteiger partial charge in [-0.3, -0.25) is 4.79 Å². The van der Waals surface area contributed by atoms with Gasteiger partial charge in [-0.25, -0.2) is 4.98 Å². The summed E-state index contributed by atoms with van der Waals surface area (Å²) < 4.78 is 2.08. The van der Waals surface area contributed by atoms with E-state index < -0.39 is 0 Å². The van der Waals surface area contributed by atoms with E-state index in [1.807, 2.05) is 20.2 Å². The number of likely N-dealkylation sites (N-methyl/N-ethyl adjacent to an activating group) is 1. The van der Waals surface area contributed by atoms with E-state index in [1.165, 1.54) is 40.6 Å². The summed E-state index contributed by atoms with van der Waals surface area (Å²) in [7, 11) is 1.83. The Bertz CT molecular complexity index is 1370. The molecule has 1 saturated heterocycles. The standard InChI is InChI=1S/C29H37N5O/c1-6-33(5)26(35)15-23-17-34-16-22(13-19(4)29(34)31-23)28-27(18(2)3)24-14-21(7-8-25(24)32-28)20-9-11-30-12-10-20/h7-8,13-14,16-18,20,30,32H,6,9-12,15H2,1-5H3. The van der Waals surface area contributed by atoms with Crippen molar-refractivity contribution in [1.29, 1.82) is 0 Å². The van der Waals surface area contributed by atoms with Crippen molar-refractivity contribution in [3.63, 3.8) is 0 Å². The van der Waals surface area contributed by atoms with E-state index in [0.717, 1.165) is 35.6 Å². The Morgan fingerprint density at radius 1 is 1.20 bits per heavy atom. The molecule has 35 heavy (non-hydrogen) atoms. The number of amides is 1. The molecule has 0 aliphatic carbocycles. The molecule has 0 bridgehead atoms. The van der Waals surface area contributed by atoms with Gasteiger partial charge < -0.3 is 19.6 Å². The van der Waals surface area contributed by atoms with E-state index in [-0.39, 0.29) is 5.91 Å². The highest BCUT2D eigenvalue weighted by molar-refractivity contribution is 5.92. The maximum atomic E-state index is 12.4. The number of fused-ring (bicyclic) bond motifs is 2. The van der Waals surface area contributed by atoms with Crippen LogP contribution in [0.2, 0.25) is 0 Å². The van der Waals surface area contributed by atoms with E-state index in [1.54, 1.807) is 4.90 Å². The number of carbonyl (C=O) groups excluding carboxylic acids is 1. The number of imidazole rings is 1. The van der Waals surface area contributed by atoms with Crippen LogP contribution in [0.5, 0.6) is 0 Å². The molecule has 0 spiro atoms. The minimum atomic E-state index is 0.0936. The van der Waals surface area contributed by atoms with Gasteiger partial charge in [0.2, 0.25) is 5.91 Å². The number of rotatable bonds is 6. The number of aryl methyl sites for hydroxylation is 1. The maximum absolute atomic E-state index is 12.4. The summed E-state index contributed by atoms with van der Waals surface area (Å²) in [5.74, 6) is 1.12. The van der Waals surface area contributed by atoms with Crippen LogP contribution in [0.25, 0.3) is 27.8 Å². The van der Waals surface area contributed by atoms with Gasteiger partial charge in [-0.2, -0.15) is 0 Å². The first-order valence-electron chi connectivity index (χ1n) is 12.9. The van der Waals surface area contributed by atoms with Gasteiger partial charge in [-0.05, 0) is 86.5 Å². The lowest BCUT2D eigenvalue weighted by Gasteiger charge is -2.23. The zero-order valence-electron chi connectivity index (χ0n) is 21.6. The van der Waals surface area contributed by atoms with Crippen molar-refractivity contribution in [2.24, 2.45) is 0 Å². The smallest absolute Gasteiger partial charge is 0.228 e. The van der Waals surface area contributed by atoms with E-state index >= 15 is 0 Å². The molecule has 1 aromatic carbocycles. The summed E-state index contributed by atoms with van der Waals surface area (Å²) in [6.07, 6.45) is 6.88. The molecule has 0 radical (unpaired) electrons. The van der Waals surface area contributed by atoms with Gasteiger partial charge in [0, 0.05) is 42.5 Å². The first-order valence-corrected chi connectivity index (χ1v) is 12.9. The fraction of sp³-hybridized carbons (Fsp3) is 0.448. The highest BCUT2D eigenvalue weighted by Crippen LogP contribution is 2.38. The van der Waals surface area contributed by atoms with Gasteiger partial charge in [-0.1, -0.05) is 19.9 Å². The zero-order chi connectivity index (χ0) is 24.7. The van der Waals surface area contributed by atoms with Crippen molar-refractivity contribution in [1.82, 2.24) is 24.6 Å². The summed E-state index contributed by atoms with van der Waals surface area (Å²) in [6, 6.07) is 9.22. The second kappa shape index (κ2) is 9.50. The van der Waals surface area contributed by atoms with Gasteiger partial charge in [0.1, 0.15) is 5.65 Å². The normalized spacial score (nSPS) is 14.9. The molecule has 6 heteroatoms. The fourth-order valence-corrected chi connectivity index (χ4v) is 5.47. The Morgan fingerprint density at radius 3 is 2.69 bits per heavy atom. The van der Waals surface area contributed by atoms with Gasteiger partial charge in [-0.15, -0.1) is 0 Å². The van der Waals surface area contributed by atoms with E-state index in [9.17, 15) is 4.79 Å². The first-order chi connectivity index (χ1) is 16.9. The number of aromatic nitrogens is 3. The number of piperidine rings is 1. The third-order valence-electron chi connectivity index (χ3n) is 7.56. The minimum Gasteiger partial charge on any atom is -0.354 e. The summed E-state index contributed by atoms with van der Waals surface area (Å²) in [6.45, 7) is 11.5. The SMILES string of the molecule is CCN(C)C(=O)Cc1cn2cc(-c3[nH]c4ccc(C5CCNCC5)cc4c3C(C)C)cc(C)c2n1. The number of carbonyl (C=O) groups is 1. The largest absolute Gasteiger partial charge is 0.354 e. The number of aromatic amines is 1. The number of pyridine rings is 1. The van der Waals surface area contributed by atoms with Gasteiger partial charge in [0.15, 0.2) is 0 Å². The first kappa shape index (κ1) is 23.6. The van der Waals surface area contributed by atoms with E-state index in [4.69, 9.17) is 4.98 Å². The van der Waals surface area contributed by atoms with Crippen molar-refractivity contribution >= 4 is 22.5 Å². The molecule has 2 N–H and O–H groups in total. The topological polar surface area (TPSA) is 65.4 Å². The molecule has 1 aliphatic heterocycles. The monoisotopic (exact) mass is 471 g/mol. The average molecular weight is 472 g/mol. The molecule has 3 aromatic heterocycles. The second-order valence-electron chi connectivity index (χ2n) is 10.4. The molecular weight excluding hydrogens is 434 g/mol. The molecular formula is C29H37N5O. The molecule has 184 valence electrons. The van der Waals surface area contributed by atoms with Crippen molar-refractivity contribution in [3.8, 4) is 11.3 Å². The lowest BCUT2D eigenvalue weighted by atomic mass is 9.88. The van der Waals surface area contributed by atoms with Crippen LogP contribution < -0.4 is 5.32 Å². The Labute approximate surface area is 207 Å². The molecule has 6 nitrogen and oxygen atoms in total. The quantitative estimate of drug-likeness (QED) is 0.396. The number of nitrogens with zero attached hydrogens (tertiary/aromatic N) is 3. The number of nitrogens with one attached hydrogen (secondary N) is 2. The van der Waals surface area contributed by atoms with Crippen LogP contribution in [0.3, 0.4) is 0 Å². The van der Waals surface area contributed by atoms with Crippen LogP contribution >= 0.6 is 0 Å². The van der Waals surface area contributed by atoms with Crippen LogP contribution in [-0.2, 0) is 11.2 Å². The Hall–Kier alpha value is -3.12. The Kier molecular flexibility index (Phi) is 6.41. The van der Waals surface area contributed by atoms with Crippen LogP contribution in [0.4, 0.5) is 0 Å². The lowest BCUT2D eigenvalue weighted by molar-refractivity contribution is -0.129. The zero-order valence-corrected chi connectivity index (χ0v) is 21.6. The number of hydrogen-bond donors (Lipinski definition) is 2. The summed E-state index contributed by atoms with van der Waals surface area (Å²) in [5, 5.41) is 4.82. The third kappa shape index (κ3) is 4.47. The summed E-state index contributed by atoms with van der Waals surface area (Å²) in [5.41, 5.74) is 9.17. The number of hydrogen-bond acceptors (Lipinski definition) is 3. The molecule has 4 aromatic rings. The summed E-state index contributed by atoms with van der Waals surface area (Å²) >= 11 is 0. The predicted molar refractivity (Wildman–Crippen MR) is 143 cm³/mol. The number of H-pyrrole nitrogens is 1. The third-order valence-corrected chi connectivity index (χ3v) is 7.56. The Balaban J connectivity index is 1.56. The van der Waals surface area contributed by atoms with Crippen LogP contribution in [0.15, 0.2) is 36.7 Å². The van der Waals surface area contributed by atoms with Gasteiger partial charge in [0.25, 0.3) is 0 Å². The summed E-state index contributed by atoms with van der Waals surface area (Å²) in [4.78, 5) is 22.7. The minimum absolute atomic E-state index is 0.0936. The molecule has 5 rings (SSSR count). The van der Waals surface area contributed by atoms with Crippen molar-refractivity contribution in [2.75, 3.05) is 26.7 Å². The molecule has 1 amide bonds. The maximum Gasteiger partial charge on any atom is 0.228 e.